The summed E-state index contributed by atoms with van der Waals surface area (Å²) in [6, 6.07) is 12.9. The summed E-state index contributed by atoms with van der Waals surface area (Å²) in [5, 5.41) is 10.1. The maximum Gasteiger partial charge on any atom is 0.287 e. The maximum atomic E-state index is 12.4. The van der Waals surface area contributed by atoms with Crippen LogP contribution in [0.1, 0.15) is 40.8 Å². The first-order valence-electron chi connectivity index (χ1n) is 8.53. The zero-order valence-corrected chi connectivity index (χ0v) is 14.8. The van der Waals surface area contributed by atoms with Crippen LogP contribution in [0.3, 0.4) is 0 Å². The maximum absolute atomic E-state index is 12.4. The Morgan fingerprint density at radius 3 is 2.65 bits per heavy atom. The molecule has 0 fully saturated rings. The van der Waals surface area contributed by atoms with E-state index in [4.69, 9.17) is 8.94 Å². The van der Waals surface area contributed by atoms with Crippen molar-refractivity contribution in [2.75, 3.05) is 7.05 Å². The van der Waals surface area contributed by atoms with E-state index in [0.29, 0.717) is 24.6 Å². The molecular formula is C19H22N4O3. The smallest absolute Gasteiger partial charge is 0.287 e. The third-order valence-electron chi connectivity index (χ3n) is 4.10. The number of amides is 1. The molecular weight excluding hydrogens is 332 g/mol. The molecule has 0 aliphatic heterocycles. The molecule has 0 aliphatic carbocycles. The molecule has 26 heavy (non-hydrogen) atoms. The molecule has 1 aromatic carbocycles. The van der Waals surface area contributed by atoms with Crippen LogP contribution in [0.15, 0.2) is 57.7 Å². The normalized spacial score (nSPS) is 13.3. The monoisotopic (exact) mass is 354 g/mol. The summed E-state index contributed by atoms with van der Waals surface area (Å²) in [5.41, 5.74) is 1.06. The third-order valence-corrected chi connectivity index (χ3v) is 4.10. The SMILES string of the molecule is CNC(C)Cc1noc(C(Cc2ccccc2)NC(=O)c2ccco2)n1. The first kappa shape index (κ1) is 17.9. The van der Waals surface area contributed by atoms with E-state index in [9.17, 15) is 4.79 Å². The molecule has 0 aliphatic rings. The van der Waals surface area contributed by atoms with Gasteiger partial charge in [-0.3, -0.25) is 4.79 Å². The predicted molar refractivity (Wildman–Crippen MR) is 95.6 cm³/mol. The molecule has 0 radical (unpaired) electrons. The Morgan fingerprint density at radius 2 is 1.96 bits per heavy atom. The van der Waals surface area contributed by atoms with Crippen LogP contribution in [-0.2, 0) is 12.8 Å². The fraction of sp³-hybridized carbons (Fsp3) is 0.316. The number of benzene rings is 1. The first-order valence-corrected chi connectivity index (χ1v) is 8.53. The zero-order valence-electron chi connectivity index (χ0n) is 14.8. The predicted octanol–water partition coefficient (Wildman–Crippen LogP) is 2.53. The minimum absolute atomic E-state index is 0.228. The number of carbonyl (C=O) groups is 1. The molecule has 0 saturated heterocycles. The second kappa shape index (κ2) is 8.44. The lowest BCUT2D eigenvalue weighted by atomic mass is 10.1. The number of nitrogens with zero attached hydrogens (tertiary/aromatic N) is 2. The van der Waals surface area contributed by atoms with Gasteiger partial charge in [-0.05, 0) is 31.7 Å². The van der Waals surface area contributed by atoms with Crippen LogP contribution in [0, 0.1) is 0 Å². The summed E-state index contributed by atoms with van der Waals surface area (Å²) in [6.07, 6.45) is 2.64. The van der Waals surface area contributed by atoms with E-state index < -0.39 is 6.04 Å². The highest BCUT2D eigenvalue weighted by atomic mass is 16.5. The summed E-state index contributed by atoms with van der Waals surface area (Å²) in [5.74, 6) is 0.908. The van der Waals surface area contributed by atoms with Gasteiger partial charge in [-0.1, -0.05) is 35.5 Å². The topological polar surface area (TPSA) is 93.2 Å². The number of hydrogen-bond donors (Lipinski definition) is 2. The first-order chi connectivity index (χ1) is 12.7. The van der Waals surface area contributed by atoms with Crippen LogP contribution in [0.5, 0.6) is 0 Å². The fourth-order valence-corrected chi connectivity index (χ4v) is 2.55. The molecule has 7 heteroatoms. The molecule has 2 heterocycles. The van der Waals surface area contributed by atoms with Crippen molar-refractivity contribution in [3.8, 4) is 0 Å². The van der Waals surface area contributed by atoms with Crippen LogP contribution in [0.4, 0.5) is 0 Å². The number of nitrogens with one attached hydrogen (secondary N) is 2. The molecule has 136 valence electrons. The molecule has 7 nitrogen and oxygen atoms in total. The molecule has 3 aromatic rings. The Morgan fingerprint density at radius 1 is 1.15 bits per heavy atom. The average Bonchev–Trinajstić information content (AvgIpc) is 3.34. The van der Waals surface area contributed by atoms with Crippen molar-refractivity contribution in [3.63, 3.8) is 0 Å². The highest BCUT2D eigenvalue weighted by Crippen LogP contribution is 2.18. The molecule has 2 N–H and O–H groups in total. The van der Waals surface area contributed by atoms with E-state index in [1.807, 2.05) is 44.3 Å². The summed E-state index contributed by atoms with van der Waals surface area (Å²) in [6.45, 7) is 2.04. The van der Waals surface area contributed by atoms with Gasteiger partial charge in [0.15, 0.2) is 11.6 Å². The van der Waals surface area contributed by atoms with Crippen molar-refractivity contribution in [1.29, 1.82) is 0 Å². The van der Waals surface area contributed by atoms with Gasteiger partial charge in [0.2, 0.25) is 5.89 Å². The minimum Gasteiger partial charge on any atom is -0.459 e. The second-order valence-corrected chi connectivity index (χ2v) is 6.14. The zero-order chi connectivity index (χ0) is 18.4. The Balaban J connectivity index is 1.79. The van der Waals surface area contributed by atoms with Gasteiger partial charge in [0.25, 0.3) is 5.91 Å². The van der Waals surface area contributed by atoms with E-state index in [1.54, 1.807) is 12.1 Å². The second-order valence-electron chi connectivity index (χ2n) is 6.14. The van der Waals surface area contributed by atoms with Gasteiger partial charge in [0.05, 0.1) is 6.26 Å². The van der Waals surface area contributed by atoms with Crippen LogP contribution < -0.4 is 10.6 Å². The van der Waals surface area contributed by atoms with Crippen molar-refractivity contribution < 1.29 is 13.7 Å². The molecule has 3 rings (SSSR count). The number of likely N-dealkylation sites (N-methyl/N-ethyl adjacent to an activating group) is 1. The number of rotatable bonds is 8. The van der Waals surface area contributed by atoms with Gasteiger partial charge in [-0.2, -0.15) is 4.98 Å². The number of aromatic nitrogens is 2. The van der Waals surface area contributed by atoms with Crippen LogP contribution >= 0.6 is 0 Å². The minimum atomic E-state index is -0.443. The Hall–Kier alpha value is -2.93. The quantitative estimate of drug-likeness (QED) is 0.646. The lowest BCUT2D eigenvalue weighted by molar-refractivity contribution is 0.0900. The Kier molecular flexibility index (Phi) is 5.80. The van der Waals surface area contributed by atoms with Crippen molar-refractivity contribution in [2.24, 2.45) is 0 Å². The van der Waals surface area contributed by atoms with Gasteiger partial charge >= 0.3 is 0 Å². The average molecular weight is 354 g/mol. The van der Waals surface area contributed by atoms with Crippen molar-refractivity contribution in [2.45, 2.75) is 31.8 Å². The van der Waals surface area contributed by atoms with E-state index in [-0.39, 0.29) is 17.7 Å². The number of carbonyl (C=O) groups excluding carboxylic acids is 1. The molecule has 2 unspecified atom stereocenters. The summed E-state index contributed by atoms with van der Waals surface area (Å²) >= 11 is 0. The Bertz CT molecular complexity index is 814. The summed E-state index contributed by atoms with van der Waals surface area (Å²) < 4.78 is 10.6. The fourth-order valence-electron chi connectivity index (χ4n) is 2.55. The summed E-state index contributed by atoms with van der Waals surface area (Å²) in [7, 11) is 1.88. The van der Waals surface area contributed by atoms with Gasteiger partial charge in [0.1, 0.15) is 6.04 Å². The molecule has 0 saturated carbocycles. The highest BCUT2D eigenvalue weighted by Gasteiger charge is 2.23. The Labute approximate surface area is 151 Å². The largest absolute Gasteiger partial charge is 0.459 e. The number of furan rings is 1. The van der Waals surface area contributed by atoms with Crippen LogP contribution in [-0.4, -0.2) is 29.1 Å². The molecule has 2 atom stereocenters. The van der Waals surface area contributed by atoms with Gasteiger partial charge < -0.3 is 19.6 Å². The van der Waals surface area contributed by atoms with Gasteiger partial charge in [-0.25, -0.2) is 0 Å². The highest BCUT2D eigenvalue weighted by molar-refractivity contribution is 5.91. The molecule has 0 bridgehead atoms. The summed E-state index contributed by atoms with van der Waals surface area (Å²) in [4.78, 5) is 16.9. The van der Waals surface area contributed by atoms with E-state index in [0.717, 1.165) is 5.56 Å². The lowest BCUT2D eigenvalue weighted by Crippen LogP contribution is -2.30. The van der Waals surface area contributed by atoms with Crippen LogP contribution in [0.2, 0.25) is 0 Å². The van der Waals surface area contributed by atoms with Gasteiger partial charge in [-0.15, -0.1) is 0 Å². The molecule has 1 amide bonds. The lowest BCUT2D eigenvalue weighted by Gasteiger charge is -2.14. The van der Waals surface area contributed by atoms with E-state index in [2.05, 4.69) is 20.8 Å². The third kappa shape index (κ3) is 4.58. The van der Waals surface area contributed by atoms with Crippen molar-refractivity contribution >= 4 is 5.91 Å². The van der Waals surface area contributed by atoms with Crippen molar-refractivity contribution in [1.82, 2.24) is 20.8 Å². The standard InChI is InChI=1S/C19H22N4O3/c1-13(20-2)11-17-22-19(26-23-17)15(12-14-7-4-3-5-8-14)21-18(24)16-9-6-10-25-16/h3-10,13,15,20H,11-12H2,1-2H3,(H,21,24). The van der Waals surface area contributed by atoms with Crippen molar-refractivity contribution in [3.05, 3.63) is 71.8 Å². The molecule has 0 spiro atoms. The van der Waals surface area contributed by atoms with E-state index >= 15 is 0 Å². The van der Waals surface area contributed by atoms with Crippen LogP contribution in [0.25, 0.3) is 0 Å². The van der Waals surface area contributed by atoms with Gasteiger partial charge in [0, 0.05) is 18.9 Å². The van der Waals surface area contributed by atoms with E-state index in [1.165, 1.54) is 6.26 Å². The number of hydrogen-bond acceptors (Lipinski definition) is 6. The molecule has 2 aromatic heterocycles.